The monoisotopic (exact) mass is 325 g/mol. The first-order chi connectivity index (χ1) is 10.2. The van der Waals surface area contributed by atoms with E-state index in [0.717, 1.165) is 18.4 Å². The van der Waals surface area contributed by atoms with Crippen molar-refractivity contribution in [1.29, 1.82) is 0 Å². The molecule has 3 rings (SSSR count). The molecule has 3 heteroatoms. The topological polar surface area (TPSA) is 3.24 Å². The highest BCUT2D eigenvalue weighted by Crippen LogP contribution is 2.33. The van der Waals surface area contributed by atoms with E-state index in [-0.39, 0.29) is 0 Å². The van der Waals surface area contributed by atoms with Crippen LogP contribution in [0.4, 0.5) is 0 Å². The predicted molar refractivity (Wildman–Crippen MR) is 91.3 cm³/mol. The zero-order chi connectivity index (χ0) is 14.7. The lowest BCUT2D eigenvalue weighted by atomic mass is 9.95. The van der Waals surface area contributed by atoms with Crippen molar-refractivity contribution in [2.24, 2.45) is 5.92 Å². The first-order valence-electron chi connectivity index (χ1n) is 8.40. The van der Waals surface area contributed by atoms with Crippen LogP contribution in [0, 0.1) is 5.92 Å². The van der Waals surface area contributed by atoms with E-state index in [9.17, 15) is 0 Å². The van der Waals surface area contributed by atoms with Gasteiger partial charge in [-0.3, -0.25) is 0 Å². The van der Waals surface area contributed by atoms with Gasteiger partial charge in [0.05, 0.1) is 10.0 Å². The summed E-state index contributed by atoms with van der Waals surface area (Å²) in [7, 11) is 0. The molecule has 116 valence electrons. The molecule has 1 unspecified atom stereocenters. The Labute approximate surface area is 138 Å². The maximum atomic E-state index is 6.09. The molecule has 1 saturated heterocycles. The molecule has 21 heavy (non-hydrogen) atoms. The minimum Gasteiger partial charge on any atom is -0.300 e. The fourth-order valence-electron chi connectivity index (χ4n) is 3.50. The van der Waals surface area contributed by atoms with Crippen molar-refractivity contribution < 1.29 is 0 Å². The van der Waals surface area contributed by atoms with Gasteiger partial charge in [0, 0.05) is 12.6 Å². The standard InChI is InChI=1S/C18H25Cl2N/c19-17-10-9-14(12-18(17)20)4-3-6-16-5-1-2-11-21(16)13-15-7-8-15/h9-10,12,15-16H,1-8,11,13H2. The van der Waals surface area contributed by atoms with E-state index in [1.165, 1.54) is 63.6 Å². The van der Waals surface area contributed by atoms with Crippen molar-refractivity contribution in [3.05, 3.63) is 33.8 Å². The van der Waals surface area contributed by atoms with E-state index < -0.39 is 0 Å². The second-order valence-corrected chi connectivity index (χ2v) is 7.54. The Bertz CT molecular complexity index is 470. The molecule has 2 aliphatic rings. The second-order valence-electron chi connectivity index (χ2n) is 6.73. The van der Waals surface area contributed by atoms with Crippen molar-refractivity contribution in [2.75, 3.05) is 13.1 Å². The van der Waals surface area contributed by atoms with E-state index in [2.05, 4.69) is 11.0 Å². The van der Waals surface area contributed by atoms with Crippen molar-refractivity contribution in [3.63, 3.8) is 0 Å². The van der Waals surface area contributed by atoms with Crippen LogP contribution in [0.2, 0.25) is 10.0 Å². The Morgan fingerprint density at radius 3 is 2.67 bits per heavy atom. The molecule has 1 aliphatic carbocycles. The number of nitrogens with zero attached hydrogens (tertiary/aromatic N) is 1. The molecule has 0 aromatic heterocycles. The van der Waals surface area contributed by atoms with Crippen LogP contribution in [-0.2, 0) is 6.42 Å². The minimum absolute atomic E-state index is 0.656. The Hall–Kier alpha value is -0.240. The molecule has 1 saturated carbocycles. The molecule has 1 aromatic rings. The molecule has 0 radical (unpaired) electrons. The summed E-state index contributed by atoms with van der Waals surface area (Å²) in [6.45, 7) is 2.69. The normalized spacial score (nSPS) is 23.4. The molecule has 1 heterocycles. The third-order valence-electron chi connectivity index (χ3n) is 4.93. The summed E-state index contributed by atoms with van der Waals surface area (Å²) < 4.78 is 0. The summed E-state index contributed by atoms with van der Waals surface area (Å²) in [6, 6.07) is 6.87. The van der Waals surface area contributed by atoms with Crippen molar-refractivity contribution in [2.45, 2.75) is 57.4 Å². The fraction of sp³-hybridized carbons (Fsp3) is 0.667. The number of hydrogen-bond acceptors (Lipinski definition) is 1. The average Bonchev–Trinajstić information content (AvgIpc) is 3.29. The van der Waals surface area contributed by atoms with Crippen LogP contribution >= 0.6 is 23.2 Å². The summed E-state index contributed by atoms with van der Waals surface area (Å²) >= 11 is 12.1. The number of aryl methyl sites for hydroxylation is 1. The van der Waals surface area contributed by atoms with E-state index in [1.807, 2.05) is 12.1 Å². The molecule has 1 aliphatic heterocycles. The van der Waals surface area contributed by atoms with Gasteiger partial charge in [0.15, 0.2) is 0 Å². The van der Waals surface area contributed by atoms with Crippen LogP contribution in [0.15, 0.2) is 18.2 Å². The molecule has 1 aromatic carbocycles. The van der Waals surface area contributed by atoms with Crippen LogP contribution in [0.1, 0.15) is 50.5 Å². The summed E-state index contributed by atoms with van der Waals surface area (Å²) in [6.07, 6.45) is 10.8. The van der Waals surface area contributed by atoms with E-state index in [0.29, 0.717) is 10.0 Å². The molecule has 0 amide bonds. The number of benzene rings is 1. The summed E-state index contributed by atoms with van der Waals surface area (Å²) in [5, 5.41) is 1.34. The highest BCUT2D eigenvalue weighted by Gasteiger charge is 2.29. The third-order valence-corrected chi connectivity index (χ3v) is 5.66. The van der Waals surface area contributed by atoms with Gasteiger partial charge in [0.25, 0.3) is 0 Å². The molecule has 0 bridgehead atoms. The molecular weight excluding hydrogens is 301 g/mol. The van der Waals surface area contributed by atoms with Gasteiger partial charge in [-0.1, -0.05) is 35.7 Å². The third kappa shape index (κ3) is 4.61. The van der Waals surface area contributed by atoms with Crippen LogP contribution in [0.25, 0.3) is 0 Å². The highest BCUT2D eigenvalue weighted by molar-refractivity contribution is 6.42. The first-order valence-corrected chi connectivity index (χ1v) is 9.16. The number of rotatable bonds is 6. The Kier molecular flexibility index (Phi) is 5.48. The van der Waals surface area contributed by atoms with Gasteiger partial charge < -0.3 is 4.90 Å². The Balaban J connectivity index is 1.47. The van der Waals surface area contributed by atoms with Gasteiger partial charge in [-0.15, -0.1) is 0 Å². The lowest BCUT2D eigenvalue weighted by Gasteiger charge is -2.36. The maximum absolute atomic E-state index is 6.09. The van der Waals surface area contributed by atoms with Gasteiger partial charge in [0.2, 0.25) is 0 Å². The SMILES string of the molecule is Clc1ccc(CCCC2CCCCN2CC2CC2)cc1Cl. The molecule has 1 atom stereocenters. The van der Waals surface area contributed by atoms with Crippen LogP contribution < -0.4 is 0 Å². The lowest BCUT2D eigenvalue weighted by Crippen LogP contribution is -2.40. The highest BCUT2D eigenvalue weighted by atomic mass is 35.5. The van der Waals surface area contributed by atoms with Crippen LogP contribution in [-0.4, -0.2) is 24.0 Å². The number of likely N-dealkylation sites (tertiary alicyclic amines) is 1. The van der Waals surface area contributed by atoms with Gasteiger partial charge >= 0.3 is 0 Å². The van der Waals surface area contributed by atoms with E-state index in [1.54, 1.807) is 0 Å². The largest absolute Gasteiger partial charge is 0.300 e. The van der Waals surface area contributed by atoms with E-state index >= 15 is 0 Å². The average molecular weight is 326 g/mol. The second kappa shape index (κ2) is 7.35. The van der Waals surface area contributed by atoms with Gasteiger partial charge in [0.1, 0.15) is 0 Å². The Morgan fingerprint density at radius 1 is 1.05 bits per heavy atom. The first kappa shape index (κ1) is 15.6. The number of hydrogen-bond donors (Lipinski definition) is 0. The van der Waals surface area contributed by atoms with Crippen molar-refractivity contribution in [1.82, 2.24) is 4.90 Å². The summed E-state index contributed by atoms with van der Waals surface area (Å²) in [5.41, 5.74) is 1.31. The number of halogens is 2. The molecule has 0 spiro atoms. The zero-order valence-corrected chi connectivity index (χ0v) is 14.2. The summed E-state index contributed by atoms with van der Waals surface area (Å²) in [5.74, 6) is 1.01. The van der Waals surface area contributed by atoms with Gasteiger partial charge in [-0.2, -0.15) is 0 Å². The molecule has 0 N–H and O–H groups in total. The van der Waals surface area contributed by atoms with Crippen LogP contribution in [0.3, 0.4) is 0 Å². The van der Waals surface area contributed by atoms with Gasteiger partial charge in [-0.25, -0.2) is 0 Å². The quantitative estimate of drug-likeness (QED) is 0.659. The summed E-state index contributed by atoms with van der Waals surface area (Å²) in [4.78, 5) is 2.77. The van der Waals surface area contributed by atoms with Crippen molar-refractivity contribution in [3.8, 4) is 0 Å². The predicted octanol–water partition coefficient (Wildman–Crippen LogP) is 5.58. The fourth-order valence-corrected chi connectivity index (χ4v) is 3.82. The smallest absolute Gasteiger partial charge is 0.0595 e. The number of piperidine rings is 1. The molecule has 1 nitrogen and oxygen atoms in total. The zero-order valence-electron chi connectivity index (χ0n) is 12.7. The Morgan fingerprint density at radius 2 is 1.90 bits per heavy atom. The lowest BCUT2D eigenvalue weighted by molar-refractivity contribution is 0.132. The van der Waals surface area contributed by atoms with E-state index in [4.69, 9.17) is 23.2 Å². The van der Waals surface area contributed by atoms with Gasteiger partial charge in [-0.05, 0) is 75.1 Å². The maximum Gasteiger partial charge on any atom is 0.0595 e. The molecular formula is C18H25Cl2N. The minimum atomic E-state index is 0.656. The molecule has 2 fully saturated rings. The van der Waals surface area contributed by atoms with Crippen LogP contribution in [0.5, 0.6) is 0 Å². The van der Waals surface area contributed by atoms with Crippen molar-refractivity contribution >= 4 is 23.2 Å².